The summed E-state index contributed by atoms with van der Waals surface area (Å²) in [5, 5.41) is 0.807. The molecule has 2 saturated heterocycles. The molecule has 2 bridgehead atoms. The maximum absolute atomic E-state index is 12.0. The highest BCUT2D eigenvalue weighted by atomic mass is 35.5. The summed E-state index contributed by atoms with van der Waals surface area (Å²) in [6.07, 6.45) is 7.90. The topological polar surface area (TPSA) is 36.0 Å². The van der Waals surface area contributed by atoms with Gasteiger partial charge in [0.25, 0.3) is 0 Å². The molecule has 214 valence electrons. The number of benzene rings is 2. The van der Waals surface area contributed by atoms with Gasteiger partial charge in [0, 0.05) is 62.6 Å². The van der Waals surface area contributed by atoms with E-state index in [4.69, 9.17) is 16.3 Å². The number of likely N-dealkylation sites (tertiary alicyclic amines) is 1. The van der Waals surface area contributed by atoms with Crippen molar-refractivity contribution in [2.75, 3.05) is 57.3 Å². The Morgan fingerprint density at radius 2 is 1.77 bits per heavy atom. The summed E-state index contributed by atoms with van der Waals surface area (Å²) in [4.78, 5) is 20.0. The number of carbonyl (C=O) groups excluding carboxylic acids is 1. The third kappa shape index (κ3) is 6.12. The number of halogens is 1. The van der Waals surface area contributed by atoms with Gasteiger partial charge < -0.3 is 9.64 Å². The Hall–Kier alpha value is -2.34. The molecule has 2 aromatic rings. The molecule has 3 fully saturated rings. The minimum Gasteiger partial charge on any atom is -0.462 e. The molecule has 2 aliphatic heterocycles. The van der Waals surface area contributed by atoms with Gasteiger partial charge in [0.05, 0.1) is 12.2 Å². The zero-order valence-electron chi connectivity index (χ0n) is 24.2. The number of fused-ring (bicyclic) bond motifs is 2. The second-order valence-electron chi connectivity index (χ2n) is 12.9. The molecular weight excluding hydrogens is 518 g/mol. The predicted octanol–water partition coefficient (Wildman–Crippen LogP) is 6.77. The van der Waals surface area contributed by atoms with Crippen LogP contribution in [-0.4, -0.2) is 74.2 Å². The van der Waals surface area contributed by atoms with E-state index < -0.39 is 0 Å². The van der Waals surface area contributed by atoms with Crippen LogP contribution in [0.3, 0.4) is 0 Å². The Morgan fingerprint density at radius 3 is 2.42 bits per heavy atom. The van der Waals surface area contributed by atoms with Crippen LogP contribution in [0, 0.1) is 11.3 Å². The van der Waals surface area contributed by atoms with Gasteiger partial charge in [-0.2, -0.15) is 0 Å². The van der Waals surface area contributed by atoms with E-state index in [0.29, 0.717) is 17.6 Å². The number of allylic oxidation sites excluding steroid dienone is 1. The first-order chi connectivity index (χ1) is 19.4. The molecule has 40 heavy (non-hydrogen) atoms. The van der Waals surface area contributed by atoms with Gasteiger partial charge >= 0.3 is 5.97 Å². The average molecular weight is 562 g/mol. The second kappa shape index (κ2) is 11.9. The maximum Gasteiger partial charge on any atom is 0.338 e. The van der Waals surface area contributed by atoms with E-state index >= 15 is 0 Å². The molecular formula is C34H44ClN3O2. The van der Waals surface area contributed by atoms with Crippen molar-refractivity contribution in [2.45, 2.75) is 58.4 Å². The second-order valence-corrected chi connectivity index (χ2v) is 13.3. The van der Waals surface area contributed by atoms with Crippen molar-refractivity contribution >= 4 is 28.8 Å². The fraction of sp³-hybridized carbons (Fsp3) is 0.559. The summed E-state index contributed by atoms with van der Waals surface area (Å²) in [5.41, 5.74) is 6.67. The summed E-state index contributed by atoms with van der Waals surface area (Å²) in [6, 6.07) is 17.3. The van der Waals surface area contributed by atoms with Gasteiger partial charge in [0.2, 0.25) is 0 Å². The monoisotopic (exact) mass is 561 g/mol. The number of rotatable bonds is 8. The van der Waals surface area contributed by atoms with Crippen molar-refractivity contribution < 1.29 is 9.53 Å². The van der Waals surface area contributed by atoms with Crippen LogP contribution in [0.25, 0.3) is 5.57 Å². The summed E-state index contributed by atoms with van der Waals surface area (Å²) < 4.78 is 5.14. The van der Waals surface area contributed by atoms with Crippen molar-refractivity contribution in [3.63, 3.8) is 0 Å². The van der Waals surface area contributed by atoms with Crippen LogP contribution < -0.4 is 4.90 Å². The van der Waals surface area contributed by atoms with Crippen molar-refractivity contribution in [3.8, 4) is 0 Å². The fourth-order valence-corrected chi connectivity index (χ4v) is 7.89. The van der Waals surface area contributed by atoms with E-state index in [2.05, 4.69) is 45.9 Å². The van der Waals surface area contributed by atoms with E-state index in [1.54, 1.807) is 11.1 Å². The van der Waals surface area contributed by atoms with Crippen LogP contribution in [0.4, 0.5) is 5.69 Å². The molecule has 5 nitrogen and oxygen atoms in total. The number of piperazine rings is 1. The number of hydrogen-bond acceptors (Lipinski definition) is 5. The van der Waals surface area contributed by atoms with Gasteiger partial charge in [-0.15, -0.1) is 0 Å². The molecule has 1 saturated carbocycles. The third-order valence-electron chi connectivity index (χ3n) is 9.88. The van der Waals surface area contributed by atoms with Gasteiger partial charge in [-0.3, -0.25) is 9.80 Å². The number of esters is 1. The number of carbonyl (C=O) groups is 1. The lowest BCUT2D eigenvalue weighted by Crippen LogP contribution is -2.48. The first-order valence-corrected chi connectivity index (χ1v) is 15.7. The number of piperidine rings is 1. The van der Waals surface area contributed by atoms with E-state index in [-0.39, 0.29) is 5.97 Å². The molecule has 0 spiro atoms. The Morgan fingerprint density at radius 1 is 1.02 bits per heavy atom. The number of nitrogens with zero attached hydrogens (tertiary/aromatic N) is 3. The van der Waals surface area contributed by atoms with Crippen LogP contribution in [0.1, 0.15) is 68.3 Å². The Labute approximate surface area is 245 Å². The van der Waals surface area contributed by atoms with Gasteiger partial charge in [0.1, 0.15) is 0 Å². The minimum absolute atomic E-state index is 0.250. The Bertz CT molecular complexity index is 1220. The van der Waals surface area contributed by atoms with E-state index in [1.165, 1.54) is 56.4 Å². The van der Waals surface area contributed by atoms with Crippen molar-refractivity contribution in [2.24, 2.45) is 11.3 Å². The summed E-state index contributed by atoms with van der Waals surface area (Å²) in [5.74, 6) is 0.704. The molecule has 4 aliphatic rings. The van der Waals surface area contributed by atoms with Gasteiger partial charge in [-0.05, 0) is 104 Å². The first-order valence-electron chi connectivity index (χ1n) is 15.3. The number of hydrogen-bond donors (Lipinski definition) is 0. The van der Waals surface area contributed by atoms with Gasteiger partial charge in [-0.1, -0.05) is 36.2 Å². The highest BCUT2D eigenvalue weighted by Gasteiger charge is 2.42. The van der Waals surface area contributed by atoms with Crippen LogP contribution >= 0.6 is 11.6 Å². The fourth-order valence-electron chi connectivity index (χ4n) is 7.77. The van der Waals surface area contributed by atoms with Crippen molar-refractivity contribution in [1.82, 2.24) is 9.80 Å². The molecule has 6 heteroatoms. The molecule has 0 aromatic heterocycles. The molecule has 1 unspecified atom stereocenters. The largest absolute Gasteiger partial charge is 0.462 e. The first kappa shape index (κ1) is 27.8. The van der Waals surface area contributed by atoms with Crippen LogP contribution in [-0.2, 0) is 4.74 Å². The number of anilines is 1. The van der Waals surface area contributed by atoms with E-state index in [1.807, 2.05) is 31.2 Å². The van der Waals surface area contributed by atoms with Crippen LogP contribution in [0.15, 0.2) is 54.1 Å². The third-order valence-corrected chi connectivity index (χ3v) is 10.1. The molecule has 2 heterocycles. The predicted molar refractivity (Wildman–Crippen MR) is 164 cm³/mol. The standard InChI is InChI=1S/C34H44ClN3O2/c1-3-40-33(39)27-7-12-30(13-8-27)37-18-16-36(17-19-37)23-28-21-34(2,24-38-22-25-4-11-31(38)20-25)15-14-32(28)26-5-9-29(35)10-6-26/h5-10,12-13,25,31H,3-4,11,14-24H2,1-2H3/t25-,31+,34?/m0/s1. The lowest BCUT2D eigenvalue weighted by atomic mass is 9.71. The minimum atomic E-state index is -0.250. The average Bonchev–Trinajstić information content (AvgIpc) is 3.58. The van der Waals surface area contributed by atoms with Gasteiger partial charge in [-0.25, -0.2) is 4.79 Å². The van der Waals surface area contributed by atoms with Gasteiger partial charge in [0.15, 0.2) is 0 Å². The Balaban J connectivity index is 1.13. The zero-order chi connectivity index (χ0) is 27.7. The molecule has 0 N–H and O–H groups in total. The smallest absolute Gasteiger partial charge is 0.338 e. The molecule has 3 atom stereocenters. The molecule has 2 aliphatic carbocycles. The molecule has 2 aromatic carbocycles. The maximum atomic E-state index is 12.0. The summed E-state index contributed by atoms with van der Waals surface area (Å²) in [7, 11) is 0. The zero-order valence-corrected chi connectivity index (χ0v) is 25.0. The van der Waals surface area contributed by atoms with Crippen LogP contribution in [0.5, 0.6) is 0 Å². The Kier molecular flexibility index (Phi) is 8.26. The quantitative estimate of drug-likeness (QED) is 0.332. The van der Waals surface area contributed by atoms with Crippen LogP contribution in [0.2, 0.25) is 5.02 Å². The SMILES string of the molecule is CCOC(=O)c1ccc(N2CCN(CC3=C(c4ccc(Cl)cc4)CCC(C)(CN4C[C@H]5CC[C@@H]4C5)C3)CC2)cc1. The number of ether oxygens (including phenoxy) is 1. The van der Waals surface area contributed by atoms with Crippen molar-refractivity contribution in [1.29, 1.82) is 0 Å². The van der Waals surface area contributed by atoms with Crippen molar-refractivity contribution in [3.05, 3.63) is 70.3 Å². The normalized spacial score (nSPS) is 27.4. The summed E-state index contributed by atoms with van der Waals surface area (Å²) >= 11 is 6.26. The highest BCUT2D eigenvalue weighted by Crippen LogP contribution is 2.46. The van der Waals surface area contributed by atoms with E-state index in [0.717, 1.165) is 56.1 Å². The molecule has 0 amide bonds. The highest BCUT2D eigenvalue weighted by molar-refractivity contribution is 6.30. The molecule has 6 rings (SSSR count). The lowest BCUT2D eigenvalue weighted by molar-refractivity contribution is 0.0526. The van der Waals surface area contributed by atoms with E-state index in [9.17, 15) is 4.79 Å². The molecule has 0 radical (unpaired) electrons. The lowest BCUT2D eigenvalue weighted by Gasteiger charge is -2.43. The summed E-state index contributed by atoms with van der Waals surface area (Å²) in [6.45, 7) is 12.5.